The fraction of sp³-hybridized carbons (Fsp3) is 0.400. The van der Waals surface area contributed by atoms with Crippen molar-refractivity contribution < 1.29 is 17.9 Å². The Hall–Kier alpha value is -1.18. The van der Waals surface area contributed by atoms with Crippen LogP contribution in [0.4, 0.5) is 10.1 Å². The molecule has 0 radical (unpaired) electrons. The minimum absolute atomic E-state index is 0.112. The van der Waals surface area contributed by atoms with Crippen molar-refractivity contribution in [2.75, 3.05) is 12.3 Å². The van der Waals surface area contributed by atoms with E-state index in [0.717, 1.165) is 6.07 Å². The molecule has 0 amide bonds. The van der Waals surface area contributed by atoms with Gasteiger partial charge in [-0.15, -0.1) is 0 Å². The number of aliphatic hydroxyl groups excluding tert-OH is 1. The number of hydrogen-bond acceptors (Lipinski definition) is 4. The van der Waals surface area contributed by atoms with E-state index in [2.05, 4.69) is 4.72 Å². The molecule has 5 nitrogen and oxygen atoms in total. The van der Waals surface area contributed by atoms with Gasteiger partial charge >= 0.3 is 0 Å². The van der Waals surface area contributed by atoms with Crippen LogP contribution >= 0.6 is 0 Å². The van der Waals surface area contributed by atoms with Gasteiger partial charge in [-0.1, -0.05) is 0 Å². The standard InChI is InChI=1S/C10H15FN2O3S/c1-6-3-8(4-9(12)10(6)11)17(15,16)13-5-7(2)14/h3-4,7,13-14H,5,12H2,1-2H3/t7-/m0/s1. The zero-order chi connectivity index (χ0) is 13.2. The molecule has 4 N–H and O–H groups in total. The SMILES string of the molecule is Cc1cc(S(=O)(=O)NC[C@H](C)O)cc(N)c1F. The highest BCUT2D eigenvalue weighted by Gasteiger charge is 2.17. The van der Waals surface area contributed by atoms with Gasteiger partial charge < -0.3 is 10.8 Å². The summed E-state index contributed by atoms with van der Waals surface area (Å²) >= 11 is 0. The Labute approximate surface area is 99.5 Å². The van der Waals surface area contributed by atoms with Crippen LogP contribution in [-0.4, -0.2) is 26.2 Å². The molecule has 0 saturated heterocycles. The molecule has 0 fully saturated rings. The van der Waals surface area contributed by atoms with E-state index in [1.165, 1.54) is 19.9 Å². The lowest BCUT2D eigenvalue weighted by molar-refractivity contribution is 0.198. The molecular weight excluding hydrogens is 247 g/mol. The predicted octanol–water partition coefficient (Wildman–Crippen LogP) is 0.375. The second-order valence-electron chi connectivity index (χ2n) is 3.84. The van der Waals surface area contributed by atoms with Gasteiger partial charge in [0.15, 0.2) is 0 Å². The Morgan fingerprint density at radius 2 is 2.12 bits per heavy atom. The molecule has 17 heavy (non-hydrogen) atoms. The van der Waals surface area contributed by atoms with Crippen molar-refractivity contribution in [3.8, 4) is 0 Å². The van der Waals surface area contributed by atoms with Crippen LogP contribution in [0.3, 0.4) is 0 Å². The summed E-state index contributed by atoms with van der Waals surface area (Å²) in [4.78, 5) is -0.116. The summed E-state index contributed by atoms with van der Waals surface area (Å²) in [5, 5.41) is 9.00. The molecule has 0 aromatic heterocycles. The minimum Gasteiger partial charge on any atom is -0.396 e. The molecule has 0 spiro atoms. The highest BCUT2D eigenvalue weighted by atomic mass is 32.2. The fourth-order valence-electron chi connectivity index (χ4n) is 1.23. The maximum absolute atomic E-state index is 13.2. The van der Waals surface area contributed by atoms with Crippen LogP contribution in [-0.2, 0) is 10.0 Å². The number of nitrogen functional groups attached to an aromatic ring is 1. The molecule has 1 rings (SSSR count). The lowest BCUT2D eigenvalue weighted by Gasteiger charge is -2.10. The van der Waals surface area contributed by atoms with Gasteiger partial charge in [-0.3, -0.25) is 0 Å². The second-order valence-corrected chi connectivity index (χ2v) is 5.61. The first kappa shape index (κ1) is 13.9. The monoisotopic (exact) mass is 262 g/mol. The van der Waals surface area contributed by atoms with E-state index >= 15 is 0 Å². The normalized spacial score (nSPS) is 13.6. The second kappa shape index (κ2) is 4.99. The number of aryl methyl sites for hydroxylation is 1. The van der Waals surface area contributed by atoms with E-state index in [4.69, 9.17) is 10.8 Å². The molecule has 1 atom stereocenters. The van der Waals surface area contributed by atoms with Gasteiger partial charge in [0.05, 0.1) is 16.7 Å². The first-order chi connectivity index (χ1) is 7.74. The number of anilines is 1. The third-order valence-corrected chi connectivity index (χ3v) is 3.54. The molecule has 0 aliphatic heterocycles. The molecule has 0 heterocycles. The van der Waals surface area contributed by atoms with Crippen molar-refractivity contribution in [3.05, 3.63) is 23.5 Å². The molecule has 0 aliphatic rings. The Morgan fingerprint density at radius 3 is 2.59 bits per heavy atom. The summed E-state index contributed by atoms with van der Waals surface area (Å²) in [7, 11) is -3.77. The van der Waals surface area contributed by atoms with Crippen LogP contribution in [0.1, 0.15) is 12.5 Å². The topological polar surface area (TPSA) is 92.4 Å². The molecule has 96 valence electrons. The van der Waals surface area contributed by atoms with Gasteiger partial charge in [0.25, 0.3) is 0 Å². The number of benzene rings is 1. The molecular formula is C10H15FN2O3S. The van der Waals surface area contributed by atoms with Crippen LogP contribution in [0, 0.1) is 12.7 Å². The van der Waals surface area contributed by atoms with Crippen LogP contribution in [0.25, 0.3) is 0 Å². The molecule has 0 saturated carbocycles. The summed E-state index contributed by atoms with van der Waals surface area (Å²) in [6.45, 7) is 2.77. The number of halogens is 1. The molecule has 0 aliphatic carbocycles. The largest absolute Gasteiger partial charge is 0.396 e. The number of nitrogens with one attached hydrogen (secondary N) is 1. The molecule has 1 aromatic carbocycles. The van der Waals surface area contributed by atoms with E-state index in [0.29, 0.717) is 0 Å². The highest BCUT2D eigenvalue weighted by molar-refractivity contribution is 7.89. The zero-order valence-corrected chi connectivity index (χ0v) is 10.4. The average Bonchev–Trinajstić information content (AvgIpc) is 2.22. The van der Waals surface area contributed by atoms with Gasteiger partial charge in [0.1, 0.15) is 5.82 Å². The first-order valence-corrected chi connectivity index (χ1v) is 6.45. The van der Waals surface area contributed by atoms with Gasteiger partial charge in [-0.2, -0.15) is 0 Å². The number of sulfonamides is 1. The van der Waals surface area contributed by atoms with Crippen LogP contribution < -0.4 is 10.5 Å². The summed E-state index contributed by atoms with van der Waals surface area (Å²) < 4.78 is 38.9. The summed E-state index contributed by atoms with van der Waals surface area (Å²) in [5.41, 5.74) is 5.29. The third kappa shape index (κ3) is 3.39. The Bertz CT molecular complexity index is 491. The van der Waals surface area contributed by atoms with E-state index < -0.39 is 21.9 Å². The molecule has 0 unspecified atom stereocenters. The molecule has 0 bridgehead atoms. The maximum Gasteiger partial charge on any atom is 0.240 e. The van der Waals surface area contributed by atoms with Crippen molar-refractivity contribution in [1.29, 1.82) is 0 Å². The highest BCUT2D eigenvalue weighted by Crippen LogP contribution is 2.20. The van der Waals surface area contributed by atoms with E-state index in [1.54, 1.807) is 0 Å². The number of hydrogen-bond donors (Lipinski definition) is 3. The van der Waals surface area contributed by atoms with E-state index in [-0.39, 0.29) is 22.7 Å². The quantitative estimate of drug-likeness (QED) is 0.684. The fourth-order valence-corrected chi connectivity index (χ4v) is 2.47. The lowest BCUT2D eigenvalue weighted by atomic mass is 10.2. The summed E-state index contributed by atoms with van der Waals surface area (Å²) in [5.74, 6) is -0.625. The molecule has 7 heteroatoms. The predicted molar refractivity (Wildman–Crippen MR) is 62.4 cm³/mol. The van der Waals surface area contributed by atoms with Gasteiger partial charge in [-0.25, -0.2) is 17.5 Å². The van der Waals surface area contributed by atoms with E-state index in [1.807, 2.05) is 0 Å². The minimum atomic E-state index is -3.77. The summed E-state index contributed by atoms with van der Waals surface area (Å²) in [6.07, 6.45) is -0.802. The van der Waals surface area contributed by atoms with Crippen LogP contribution in [0.2, 0.25) is 0 Å². The van der Waals surface area contributed by atoms with E-state index in [9.17, 15) is 12.8 Å². The average molecular weight is 262 g/mol. The van der Waals surface area contributed by atoms with Crippen LogP contribution in [0.5, 0.6) is 0 Å². The van der Waals surface area contributed by atoms with Crippen molar-refractivity contribution in [1.82, 2.24) is 4.72 Å². The lowest BCUT2D eigenvalue weighted by Crippen LogP contribution is -2.30. The molecule has 1 aromatic rings. The van der Waals surface area contributed by atoms with Gasteiger partial charge in [0, 0.05) is 6.54 Å². The Kier molecular flexibility index (Phi) is 4.07. The third-order valence-electron chi connectivity index (χ3n) is 2.14. The number of rotatable bonds is 4. The Balaban J connectivity index is 3.08. The van der Waals surface area contributed by atoms with Gasteiger partial charge in [0.2, 0.25) is 10.0 Å². The zero-order valence-electron chi connectivity index (χ0n) is 9.57. The van der Waals surface area contributed by atoms with Crippen molar-refractivity contribution in [2.24, 2.45) is 0 Å². The summed E-state index contributed by atoms with van der Waals surface area (Å²) in [6, 6.07) is 2.24. The first-order valence-electron chi connectivity index (χ1n) is 4.97. The van der Waals surface area contributed by atoms with Crippen molar-refractivity contribution in [2.45, 2.75) is 24.8 Å². The smallest absolute Gasteiger partial charge is 0.240 e. The van der Waals surface area contributed by atoms with Gasteiger partial charge in [-0.05, 0) is 31.5 Å². The van der Waals surface area contributed by atoms with Crippen molar-refractivity contribution >= 4 is 15.7 Å². The maximum atomic E-state index is 13.2. The number of aliphatic hydroxyl groups is 1. The van der Waals surface area contributed by atoms with Crippen molar-refractivity contribution in [3.63, 3.8) is 0 Å². The van der Waals surface area contributed by atoms with Crippen LogP contribution in [0.15, 0.2) is 17.0 Å². The Morgan fingerprint density at radius 1 is 1.53 bits per heavy atom. The number of nitrogens with two attached hydrogens (primary N) is 1.